The van der Waals surface area contributed by atoms with Crippen LogP contribution in [0.2, 0.25) is 0 Å². The minimum atomic E-state index is -0.521. The largest absolute Gasteiger partial charge is 0.325 e. The fourth-order valence-corrected chi connectivity index (χ4v) is 4.09. The van der Waals surface area contributed by atoms with E-state index in [-0.39, 0.29) is 22.0 Å². The van der Waals surface area contributed by atoms with Gasteiger partial charge in [-0.2, -0.15) is 5.26 Å². The molecule has 1 atom stereocenters. The van der Waals surface area contributed by atoms with Crippen molar-refractivity contribution < 1.29 is 4.79 Å². The average Bonchev–Trinajstić information content (AvgIpc) is 2.76. The van der Waals surface area contributed by atoms with Gasteiger partial charge in [-0.1, -0.05) is 68.9 Å². The van der Waals surface area contributed by atoms with Crippen molar-refractivity contribution in [1.29, 1.82) is 5.26 Å². The number of hydrogen-bond acceptors (Lipinski definition) is 5. The molecule has 2 aromatic carbocycles. The molecule has 3 rings (SSSR count). The Morgan fingerprint density at radius 2 is 1.82 bits per heavy atom. The molecule has 0 saturated heterocycles. The molecule has 0 aliphatic heterocycles. The van der Waals surface area contributed by atoms with Crippen molar-refractivity contribution in [2.75, 3.05) is 5.32 Å². The van der Waals surface area contributed by atoms with E-state index in [1.54, 1.807) is 6.92 Å². The minimum absolute atomic E-state index is 0.0162. The molecule has 2 N–H and O–H groups in total. The number of aromatic amines is 1. The van der Waals surface area contributed by atoms with E-state index >= 15 is 0 Å². The number of carbonyl (C=O) groups is 1. The lowest BCUT2D eigenvalue weighted by Gasteiger charge is -2.19. The zero-order chi connectivity index (χ0) is 24.3. The number of thioether (sulfide) groups is 1. The SMILES string of the molecule is Cc1cccc(NC(=O)C(C)Sc2nc(-c3ccc(C(C)(C)C)cc3)c(C#N)c(=O)[nH]2)c1C. The van der Waals surface area contributed by atoms with Crippen LogP contribution in [0.4, 0.5) is 5.69 Å². The average molecular weight is 461 g/mol. The summed E-state index contributed by atoms with van der Waals surface area (Å²) in [5.74, 6) is -0.197. The zero-order valence-corrected chi connectivity index (χ0v) is 20.6. The predicted octanol–water partition coefficient (Wildman–Crippen LogP) is 5.34. The molecule has 3 aromatic rings. The molecular formula is C26H28N4O2S. The van der Waals surface area contributed by atoms with Gasteiger partial charge in [-0.3, -0.25) is 9.59 Å². The first-order chi connectivity index (χ1) is 15.5. The summed E-state index contributed by atoms with van der Waals surface area (Å²) in [5, 5.41) is 12.3. The Balaban J connectivity index is 1.88. The molecule has 33 heavy (non-hydrogen) atoms. The first kappa shape index (κ1) is 24.3. The van der Waals surface area contributed by atoms with E-state index in [1.807, 2.05) is 62.4 Å². The van der Waals surface area contributed by atoms with E-state index < -0.39 is 10.8 Å². The summed E-state index contributed by atoms with van der Waals surface area (Å²) in [6, 6.07) is 15.4. The van der Waals surface area contributed by atoms with Crippen molar-refractivity contribution in [3.05, 3.63) is 75.1 Å². The Morgan fingerprint density at radius 1 is 1.15 bits per heavy atom. The standard InChI is InChI=1S/C26H28N4O2S/c1-15-8-7-9-21(16(15)2)28-23(31)17(3)33-25-29-22(20(14-27)24(32)30-25)18-10-12-19(13-11-18)26(4,5)6/h7-13,17H,1-6H3,(H,28,31)(H,29,30,32). The number of aryl methyl sites for hydroxylation is 1. The Bertz CT molecular complexity index is 1280. The highest BCUT2D eigenvalue weighted by Crippen LogP contribution is 2.28. The monoisotopic (exact) mass is 460 g/mol. The van der Waals surface area contributed by atoms with Gasteiger partial charge in [0.25, 0.3) is 5.56 Å². The molecule has 1 unspecified atom stereocenters. The van der Waals surface area contributed by atoms with E-state index in [1.165, 1.54) is 0 Å². The molecule has 1 heterocycles. The van der Waals surface area contributed by atoms with E-state index in [9.17, 15) is 14.9 Å². The number of nitrogens with one attached hydrogen (secondary N) is 2. The number of anilines is 1. The van der Waals surface area contributed by atoms with Crippen molar-refractivity contribution in [3.63, 3.8) is 0 Å². The van der Waals surface area contributed by atoms with E-state index in [0.717, 1.165) is 34.1 Å². The molecular weight excluding hydrogens is 432 g/mol. The topological polar surface area (TPSA) is 98.6 Å². The van der Waals surface area contributed by atoms with Crippen molar-refractivity contribution in [3.8, 4) is 17.3 Å². The fourth-order valence-electron chi connectivity index (χ4n) is 3.29. The van der Waals surface area contributed by atoms with Gasteiger partial charge in [0.2, 0.25) is 5.91 Å². The number of carbonyl (C=O) groups excluding carboxylic acids is 1. The van der Waals surface area contributed by atoms with Crippen LogP contribution in [0.1, 0.15) is 49.9 Å². The number of rotatable bonds is 5. The van der Waals surface area contributed by atoms with Crippen LogP contribution in [0.25, 0.3) is 11.3 Å². The summed E-state index contributed by atoms with van der Waals surface area (Å²) in [4.78, 5) is 32.5. The number of H-pyrrole nitrogens is 1. The molecule has 0 spiro atoms. The van der Waals surface area contributed by atoms with Crippen molar-refractivity contribution in [2.45, 2.75) is 57.4 Å². The molecule has 0 radical (unpaired) electrons. The molecule has 1 amide bonds. The number of nitriles is 1. The third kappa shape index (κ3) is 5.52. The first-order valence-corrected chi connectivity index (χ1v) is 11.6. The van der Waals surface area contributed by atoms with E-state index in [2.05, 4.69) is 36.1 Å². The van der Waals surface area contributed by atoms with Gasteiger partial charge in [0.15, 0.2) is 5.16 Å². The van der Waals surface area contributed by atoms with Gasteiger partial charge in [0, 0.05) is 11.3 Å². The van der Waals surface area contributed by atoms with Crippen LogP contribution >= 0.6 is 11.8 Å². The molecule has 170 valence electrons. The molecule has 0 aliphatic carbocycles. The summed E-state index contributed by atoms with van der Waals surface area (Å²) < 4.78 is 0. The van der Waals surface area contributed by atoms with Gasteiger partial charge >= 0.3 is 0 Å². The van der Waals surface area contributed by atoms with Gasteiger partial charge < -0.3 is 10.3 Å². The molecule has 0 saturated carbocycles. The lowest BCUT2D eigenvalue weighted by molar-refractivity contribution is -0.115. The summed E-state index contributed by atoms with van der Waals surface area (Å²) in [5.41, 5.74) is 4.41. The van der Waals surface area contributed by atoms with Crippen LogP contribution in [0.3, 0.4) is 0 Å². The lowest BCUT2D eigenvalue weighted by Crippen LogP contribution is -2.24. The highest BCUT2D eigenvalue weighted by molar-refractivity contribution is 8.00. The van der Waals surface area contributed by atoms with Crippen LogP contribution in [-0.2, 0) is 10.2 Å². The smallest absolute Gasteiger partial charge is 0.270 e. The number of benzene rings is 2. The normalized spacial score (nSPS) is 12.2. The summed E-state index contributed by atoms with van der Waals surface area (Å²) in [6.45, 7) is 12.1. The molecule has 1 aromatic heterocycles. The Hall–Kier alpha value is -3.37. The summed E-state index contributed by atoms with van der Waals surface area (Å²) in [6.07, 6.45) is 0. The number of nitrogens with zero attached hydrogens (tertiary/aromatic N) is 2. The second-order valence-corrected chi connectivity index (χ2v) is 10.4. The van der Waals surface area contributed by atoms with Crippen molar-refractivity contribution in [1.82, 2.24) is 9.97 Å². The lowest BCUT2D eigenvalue weighted by atomic mass is 9.86. The molecule has 0 bridgehead atoms. The van der Waals surface area contributed by atoms with Gasteiger partial charge in [-0.05, 0) is 48.9 Å². The maximum Gasteiger partial charge on any atom is 0.270 e. The van der Waals surface area contributed by atoms with Crippen LogP contribution in [-0.4, -0.2) is 21.1 Å². The predicted molar refractivity (Wildman–Crippen MR) is 134 cm³/mol. The van der Waals surface area contributed by atoms with Gasteiger partial charge in [-0.25, -0.2) is 4.98 Å². The van der Waals surface area contributed by atoms with E-state index in [4.69, 9.17) is 0 Å². The van der Waals surface area contributed by atoms with Gasteiger partial charge in [0.1, 0.15) is 11.6 Å². The Morgan fingerprint density at radius 3 is 2.42 bits per heavy atom. The number of aromatic nitrogens is 2. The molecule has 0 fully saturated rings. The molecule has 7 heteroatoms. The highest BCUT2D eigenvalue weighted by atomic mass is 32.2. The minimum Gasteiger partial charge on any atom is -0.325 e. The van der Waals surface area contributed by atoms with Crippen LogP contribution in [0.15, 0.2) is 52.4 Å². The maximum atomic E-state index is 12.8. The first-order valence-electron chi connectivity index (χ1n) is 10.7. The second-order valence-electron chi connectivity index (χ2n) is 9.03. The van der Waals surface area contributed by atoms with Crippen molar-refractivity contribution in [2.24, 2.45) is 0 Å². The van der Waals surface area contributed by atoms with Crippen LogP contribution in [0, 0.1) is 25.2 Å². The highest BCUT2D eigenvalue weighted by Gasteiger charge is 2.20. The Kier molecular flexibility index (Phi) is 7.09. The quantitative estimate of drug-likeness (QED) is 0.395. The van der Waals surface area contributed by atoms with Crippen molar-refractivity contribution >= 4 is 23.4 Å². The van der Waals surface area contributed by atoms with Gasteiger partial charge in [-0.15, -0.1) is 0 Å². The summed E-state index contributed by atoms with van der Waals surface area (Å²) in [7, 11) is 0. The molecule has 6 nitrogen and oxygen atoms in total. The number of hydrogen-bond donors (Lipinski definition) is 2. The maximum absolute atomic E-state index is 12.8. The number of amides is 1. The fraction of sp³-hybridized carbons (Fsp3) is 0.308. The van der Waals surface area contributed by atoms with Gasteiger partial charge in [0.05, 0.1) is 10.9 Å². The van der Waals surface area contributed by atoms with Crippen LogP contribution in [0.5, 0.6) is 0 Å². The second kappa shape index (κ2) is 9.63. The Labute approximate surface area is 198 Å². The zero-order valence-electron chi connectivity index (χ0n) is 19.7. The van der Waals surface area contributed by atoms with Crippen LogP contribution < -0.4 is 10.9 Å². The summed E-state index contributed by atoms with van der Waals surface area (Å²) >= 11 is 1.14. The third-order valence-corrected chi connectivity index (χ3v) is 6.54. The molecule has 0 aliphatic rings. The van der Waals surface area contributed by atoms with E-state index in [0.29, 0.717) is 11.3 Å². The third-order valence-electron chi connectivity index (χ3n) is 5.55.